The summed E-state index contributed by atoms with van der Waals surface area (Å²) in [6.07, 6.45) is 8.60. The first-order valence-electron chi connectivity index (χ1n) is 23.9. The topological polar surface area (TPSA) is 206 Å². The molecule has 0 aromatic carbocycles. The number of amides is 1. The smallest absolute Gasteiger partial charge is 0.329 e. The highest BCUT2D eigenvalue weighted by Gasteiger charge is 2.53. The molecule has 4 N–H and O–H groups in total. The molecular weight excluding hydrogens is 823 g/mol. The minimum absolute atomic E-state index is 0.00973. The van der Waals surface area contributed by atoms with E-state index in [1.54, 1.807) is 47.0 Å². The van der Waals surface area contributed by atoms with Gasteiger partial charge in [-0.2, -0.15) is 0 Å². The number of carbonyl (C=O) groups is 5. The number of rotatable bonds is 5. The summed E-state index contributed by atoms with van der Waals surface area (Å²) in [7, 11) is 2.96. The number of allylic oxidation sites excluding steroid dienone is 5. The van der Waals surface area contributed by atoms with Gasteiger partial charge in [0.25, 0.3) is 11.7 Å². The van der Waals surface area contributed by atoms with E-state index < -0.39 is 89.8 Å². The molecular formula is C50H79NO13. The minimum Gasteiger partial charge on any atom is -0.460 e. The SMILES string of the molecule is CO[C@@H]1C[C@H](C[C@@H](C)[C@@H]2CC(=O)[C@H](C)CC(C)[C@@H](O)[C@@H](OC)C(=O)[C@H](C)C[C@H](C)/C=C/C=C/C=C(\C)C(O)C[C@@H]3CC[C@@H](C)[C@@](O)(O3)C(=O)C(=O)N3CCCC[C@H]3C(=O)O2)CC[C@H]1O. The third-order valence-electron chi connectivity index (χ3n) is 14.6. The van der Waals surface area contributed by atoms with Crippen molar-refractivity contribution in [2.75, 3.05) is 20.8 Å². The third kappa shape index (κ3) is 14.0. The van der Waals surface area contributed by atoms with Crippen molar-refractivity contribution < 1.29 is 63.3 Å². The van der Waals surface area contributed by atoms with Gasteiger partial charge in [0.1, 0.15) is 24.0 Å². The zero-order valence-electron chi connectivity index (χ0n) is 39.9. The van der Waals surface area contributed by atoms with Gasteiger partial charge < -0.3 is 44.3 Å². The van der Waals surface area contributed by atoms with Crippen molar-refractivity contribution in [3.63, 3.8) is 0 Å². The van der Waals surface area contributed by atoms with E-state index in [2.05, 4.69) is 0 Å². The summed E-state index contributed by atoms with van der Waals surface area (Å²) < 4.78 is 23.4. The van der Waals surface area contributed by atoms with Crippen molar-refractivity contribution in [1.82, 2.24) is 4.90 Å². The van der Waals surface area contributed by atoms with E-state index in [4.69, 9.17) is 18.9 Å². The molecule has 2 saturated heterocycles. The van der Waals surface area contributed by atoms with Crippen LogP contribution in [0.4, 0.5) is 0 Å². The number of fused-ring (bicyclic) bond motifs is 3. The molecule has 0 aromatic heterocycles. The summed E-state index contributed by atoms with van der Waals surface area (Å²) in [5, 5.41) is 44.9. The number of esters is 1. The second-order valence-corrected chi connectivity index (χ2v) is 19.8. The van der Waals surface area contributed by atoms with E-state index in [-0.39, 0.29) is 67.7 Å². The molecule has 2 bridgehead atoms. The van der Waals surface area contributed by atoms with E-state index in [1.807, 2.05) is 39.0 Å². The van der Waals surface area contributed by atoms with Crippen molar-refractivity contribution in [3.8, 4) is 0 Å². The maximum atomic E-state index is 14.3. The summed E-state index contributed by atoms with van der Waals surface area (Å²) in [4.78, 5) is 71.5. The van der Waals surface area contributed by atoms with Crippen LogP contribution >= 0.6 is 0 Å². The highest BCUT2D eigenvalue weighted by Crippen LogP contribution is 2.37. The lowest BCUT2D eigenvalue weighted by Gasteiger charge is -2.42. The average molecular weight is 902 g/mol. The Morgan fingerprint density at radius 3 is 2.25 bits per heavy atom. The van der Waals surface area contributed by atoms with Crippen LogP contribution in [0, 0.1) is 41.4 Å². The maximum Gasteiger partial charge on any atom is 0.329 e. The number of hydrogen-bond acceptors (Lipinski definition) is 13. The first kappa shape index (κ1) is 53.5. The quantitative estimate of drug-likeness (QED) is 0.196. The lowest BCUT2D eigenvalue weighted by molar-refractivity contribution is -0.265. The molecule has 3 heterocycles. The first-order chi connectivity index (χ1) is 30.2. The van der Waals surface area contributed by atoms with E-state index in [1.165, 1.54) is 12.0 Å². The fourth-order valence-corrected chi connectivity index (χ4v) is 10.2. The predicted octanol–water partition coefficient (Wildman–Crippen LogP) is 5.61. The van der Waals surface area contributed by atoms with Crippen LogP contribution < -0.4 is 0 Å². The molecule has 362 valence electrons. The summed E-state index contributed by atoms with van der Waals surface area (Å²) in [5.41, 5.74) is 0.627. The monoisotopic (exact) mass is 902 g/mol. The normalized spacial score (nSPS) is 41.3. The van der Waals surface area contributed by atoms with Gasteiger partial charge in [0.15, 0.2) is 5.78 Å². The van der Waals surface area contributed by atoms with E-state index in [0.29, 0.717) is 56.9 Å². The number of aliphatic hydroxyl groups excluding tert-OH is 3. The van der Waals surface area contributed by atoms with Crippen molar-refractivity contribution in [2.45, 2.75) is 186 Å². The number of ether oxygens (including phenoxy) is 4. The summed E-state index contributed by atoms with van der Waals surface area (Å²) in [6, 6.07) is -1.15. The van der Waals surface area contributed by atoms with Gasteiger partial charge in [0.2, 0.25) is 5.79 Å². The Hall–Kier alpha value is -3.11. The Balaban J connectivity index is 1.66. The molecule has 0 aromatic rings. The Morgan fingerprint density at radius 1 is 0.844 bits per heavy atom. The van der Waals surface area contributed by atoms with Crippen LogP contribution in [0.2, 0.25) is 0 Å². The molecule has 0 radical (unpaired) electrons. The van der Waals surface area contributed by atoms with Gasteiger partial charge in [-0.25, -0.2) is 4.79 Å². The highest BCUT2D eigenvalue weighted by atomic mass is 16.6. The number of cyclic esters (lactones) is 1. The molecule has 4 rings (SSSR count). The third-order valence-corrected chi connectivity index (χ3v) is 14.6. The second-order valence-electron chi connectivity index (χ2n) is 19.8. The van der Waals surface area contributed by atoms with Crippen LogP contribution in [-0.4, -0.2) is 130 Å². The molecule has 14 heteroatoms. The fraction of sp³-hybridized carbons (Fsp3) is 0.780. The molecule has 16 atom stereocenters. The number of ketones is 3. The average Bonchev–Trinajstić information content (AvgIpc) is 3.26. The van der Waals surface area contributed by atoms with Crippen LogP contribution in [0.25, 0.3) is 0 Å². The summed E-state index contributed by atoms with van der Waals surface area (Å²) in [6.45, 7) is 12.7. The largest absolute Gasteiger partial charge is 0.460 e. The number of aliphatic hydroxyl groups is 4. The first-order valence-corrected chi connectivity index (χ1v) is 23.9. The van der Waals surface area contributed by atoms with Gasteiger partial charge in [-0.3, -0.25) is 19.2 Å². The van der Waals surface area contributed by atoms with E-state index in [9.17, 15) is 44.4 Å². The van der Waals surface area contributed by atoms with Gasteiger partial charge in [0, 0.05) is 51.4 Å². The van der Waals surface area contributed by atoms with Crippen molar-refractivity contribution in [2.24, 2.45) is 41.4 Å². The molecule has 4 aliphatic rings. The Morgan fingerprint density at radius 2 is 1.56 bits per heavy atom. The molecule has 2 unspecified atom stereocenters. The molecule has 3 aliphatic heterocycles. The van der Waals surface area contributed by atoms with Crippen molar-refractivity contribution >= 4 is 29.2 Å². The number of methoxy groups -OCH3 is 2. The zero-order chi connectivity index (χ0) is 47.5. The highest BCUT2D eigenvalue weighted by molar-refractivity contribution is 6.39. The molecule has 1 saturated carbocycles. The molecule has 0 spiro atoms. The van der Waals surface area contributed by atoms with Crippen molar-refractivity contribution in [1.29, 1.82) is 0 Å². The second kappa shape index (κ2) is 24.6. The zero-order valence-corrected chi connectivity index (χ0v) is 39.9. The molecule has 3 fully saturated rings. The molecule has 14 nitrogen and oxygen atoms in total. The van der Waals surface area contributed by atoms with Gasteiger partial charge >= 0.3 is 5.97 Å². The summed E-state index contributed by atoms with van der Waals surface area (Å²) >= 11 is 0. The van der Waals surface area contributed by atoms with E-state index in [0.717, 1.165) is 6.42 Å². The van der Waals surface area contributed by atoms with Gasteiger partial charge in [-0.15, -0.1) is 0 Å². The van der Waals surface area contributed by atoms with E-state index >= 15 is 0 Å². The van der Waals surface area contributed by atoms with Crippen molar-refractivity contribution in [3.05, 3.63) is 36.0 Å². The Kier molecular flexibility index (Phi) is 20.6. The summed E-state index contributed by atoms with van der Waals surface area (Å²) in [5.74, 6) is -8.36. The van der Waals surface area contributed by atoms with Gasteiger partial charge in [0.05, 0.1) is 30.5 Å². The Bertz CT molecular complexity index is 1680. The van der Waals surface area contributed by atoms with Gasteiger partial charge in [-0.05, 0) is 107 Å². The van der Waals surface area contributed by atoms with Crippen LogP contribution in [0.1, 0.15) is 132 Å². The maximum absolute atomic E-state index is 14.3. The van der Waals surface area contributed by atoms with Gasteiger partial charge in [-0.1, -0.05) is 71.9 Å². The van der Waals surface area contributed by atoms with Crippen LogP contribution in [0.5, 0.6) is 0 Å². The van der Waals surface area contributed by atoms with Crippen LogP contribution in [0.15, 0.2) is 36.0 Å². The fourth-order valence-electron chi connectivity index (χ4n) is 10.2. The minimum atomic E-state index is -2.48. The number of hydrogen-bond donors (Lipinski definition) is 4. The number of carbonyl (C=O) groups excluding carboxylic acids is 5. The number of Topliss-reactive ketones (excluding diaryl/α,β-unsaturated/α-hetero) is 3. The Labute approximate surface area is 381 Å². The number of piperidine rings is 1. The number of nitrogens with zero attached hydrogens (tertiary/aromatic N) is 1. The molecule has 64 heavy (non-hydrogen) atoms. The van der Waals surface area contributed by atoms with Crippen LogP contribution in [-0.2, 0) is 42.9 Å². The molecule has 1 amide bonds. The standard InChI is InChI=1S/C50H79NO13/c1-29-15-11-10-12-16-30(2)40(53)27-37-20-18-35(7)50(60,64-37)47(57)48(58)51-22-14-13-17-38(51)49(59)63-42(32(4)25-36-19-21-39(52)43(26-36)61-8)28-41(54)31(3)24-34(6)45(56)46(62-9)44(55)33(5)23-29/h10-12,15-16,29,31-40,42-43,45-46,52-53,56,60H,13-14,17-28H2,1-9H3/b12-10+,15-11+,30-16+/t29-,31-,32-,33-,34?,35-,36+,37+,38+,39-,40?,42+,43-,45-,46+,50-/m1/s1. The molecule has 1 aliphatic carbocycles. The predicted molar refractivity (Wildman–Crippen MR) is 240 cm³/mol. The lowest BCUT2D eigenvalue weighted by Crippen LogP contribution is -2.61. The lowest BCUT2D eigenvalue weighted by atomic mass is 9.78. The van der Waals surface area contributed by atoms with Crippen LogP contribution in [0.3, 0.4) is 0 Å².